The van der Waals surface area contributed by atoms with E-state index in [2.05, 4.69) is 30.3 Å². The predicted molar refractivity (Wildman–Crippen MR) is 86.5 cm³/mol. The minimum Gasteiger partial charge on any atom is -0.356 e. The van der Waals surface area contributed by atoms with Crippen molar-refractivity contribution in [3.63, 3.8) is 0 Å². The van der Waals surface area contributed by atoms with Gasteiger partial charge < -0.3 is 10.2 Å². The zero-order valence-corrected chi connectivity index (χ0v) is 13.5. The zero-order chi connectivity index (χ0) is 16.2. The van der Waals surface area contributed by atoms with Gasteiger partial charge >= 0.3 is 0 Å². The molecule has 0 unspecified atom stereocenters. The number of aromatic nitrogens is 4. The van der Waals surface area contributed by atoms with Crippen LogP contribution in [0.2, 0.25) is 0 Å². The number of carbonyl (C=O) groups excluding carboxylic acids is 1. The SMILES string of the molecule is CC1=NC2(CCN(c3ncnc4c3c(C)nn4C)CC2)C(=O)N1. The van der Waals surface area contributed by atoms with Crippen LogP contribution in [-0.2, 0) is 11.8 Å². The summed E-state index contributed by atoms with van der Waals surface area (Å²) < 4.78 is 1.78. The fourth-order valence-corrected chi connectivity index (χ4v) is 3.61. The number of anilines is 1. The Balaban J connectivity index is 1.66. The molecule has 2 aromatic heterocycles. The lowest BCUT2D eigenvalue weighted by atomic mass is 9.88. The number of nitrogens with one attached hydrogen (secondary N) is 1. The lowest BCUT2D eigenvalue weighted by molar-refractivity contribution is -0.124. The minimum absolute atomic E-state index is 0.0278. The van der Waals surface area contributed by atoms with E-state index in [1.807, 2.05) is 20.9 Å². The highest BCUT2D eigenvalue weighted by Crippen LogP contribution is 2.34. The lowest BCUT2D eigenvalue weighted by Gasteiger charge is -2.36. The third-order valence-corrected chi connectivity index (χ3v) is 4.76. The molecule has 120 valence electrons. The number of hydrogen-bond acceptors (Lipinski definition) is 6. The first-order chi connectivity index (χ1) is 11.0. The average molecular weight is 313 g/mol. The van der Waals surface area contributed by atoms with Crippen molar-refractivity contribution in [2.24, 2.45) is 12.0 Å². The largest absolute Gasteiger partial charge is 0.356 e. The molecule has 1 fully saturated rings. The highest BCUT2D eigenvalue weighted by atomic mass is 16.2. The van der Waals surface area contributed by atoms with Gasteiger partial charge in [0.05, 0.1) is 11.1 Å². The van der Waals surface area contributed by atoms with Crippen LogP contribution in [0.25, 0.3) is 11.0 Å². The molecule has 2 aliphatic heterocycles. The molecule has 4 heterocycles. The molecule has 2 aromatic rings. The monoisotopic (exact) mass is 313 g/mol. The number of fused-ring (bicyclic) bond motifs is 1. The molecular weight excluding hydrogens is 294 g/mol. The summed E-state index contributed by atoms with van der Waals surface area (Å²) in [5.74, 6) is 1.64. The van der Waals surface area contributed by atoms with E-state index in [1.165, 1.54) is 0 Å². The minimum atomic E-state index is -0.587. The number of nitrogens with zero attached hydrogens (tertiary/aromatic N) is 6. The van der Waals surface area contributed by atoms with E-state index in [0.717, 1.165) is 41.5 Å². The van der Waals surface area contributed by atoms with Gasteiger partial charge in [-0.2, -0.15) is 5.10 Å². The predicted octanol–water partition coefficient (Wildman–Crippen LogP) is 0.559. The van der Waals surface area contributed by atoms with Crippen LogP contribution in [-0.4, -0.2) is 50.1 Å². The molecule has 0 atom stereocenters. The van der Waals surface area contributed by atoms with Gasteiger partial charge in [0.15, 0.2) is 5.65 Å². The summed E-state index contributed by atoms with van der Waals surface area (Å²) in [5, 5.41) is 8.26. The summed E-state index contributed by atoms with van der Waals surface area (Å²) in [6, 6.07) is 0. The summed E-state index contributed by atoms with van der Waals surface area (Å²) in [6.45, 7) is 5.29. The van der Waals surface area contributed by atoms with E-state index in [0.29, 0.717) is 12.8 Å². The second-order valence-corrected chi connectivity index (χ2v) is 6.27. The summed E-state index contributed by atoms with van der Waals surface area (Å²) in [7, 11) is 1.89. The third kappa shape index (κ3) is 2.01. The molecule has 8 heteroatoms. The van der Waals surface area contributed by atoms with Crippen molar-refractivity contribution in [2.75, 3.05) is 18.0 Å². The highest BCUT2D eigenvalue weighted by molar-refractivity contribution is 6.07. The van der Waals surface area contributed by atoms with E-state index in [-0.39, 0.29) is 5.91 Å². The number of aliphatic imine (C=N–C) groups is 1. The first-order valence-electron chi connectivity index (χ1n) is 7.77. The van der Waals surface area contributed by atoms with Gasteiger partial charge in [-0.05, 0) is 26.7 Å². The second-order valence-electron chi connectivity index (χ2n) is 6.27. The van der Waals surface area contributed by atoms with E-state index in [9.17, 15) is 4.79 Å². The number of carbonyl (C=O) groups is 1. The van der Waals surface area contributed by atoms with Crippen molar-refractivity contribution in [3.8, 4) is 0 Å². The van der Waals surface area contributed by atoms with E-state index in [1.54, 1.807) is 11.0 Å². The summed E-state index contributed by atoms with van der Waals surface area (Å²) in [5.41, 5.74) is 1.17. The molecule has 8 nitrogen and oxygen atoms in total. The molecule has 0 aromatic carbocycles. The molecule has 1 amide bonds. The van der Waals surface area contributed by atoms with Crippen molar-refractivity contribution in [3.05, 3.63) is 12.0 Å². The average Bonchev–Trinajstić information content (AvgIpc) is 2.97. The Morgan fingerprint density at radius 2 is 1.96 bits per heavy atom. The molecule has 23 heavy (non-hydrogen) atoms. The smallest absolute Gasteiger partial charge is 0.253 e. The Labute approximate surface area is 133 Å². The molecule has 0 bridgehead atoms. The van der Waals surface area contributed by atoms with Crippen molar-refractivity contribution >= 4 is 28.6 Å². The molecular formula is C15H19N7O. The van der Waals surface area contributed by atoms with E-state index < -0.39 is 5.54 Å². The third-order valence-electron chi connectivity index (χ3n) is 4.76. The molecule has 0 radical (unpaired) electrons. The van der Waals surface area contributed by atoms with Crippen LogP contribution in [0.3, 0.4) is 0 Å². The van der Waals surface area contributed by atoms with Crippen LogP contribution in [0, 0.1) is 6.92 Å². The quantitative estimate of drug-likeness (QED) is 0.831. The molecule has 1 spiro atoms. The van der Waals surface area contributed by atoms with E-state index in [4.69, 9.17) is 0 Å². The van der Waals surface area contributed by atoms with Crippen molar-refractivity contribution < 1.29 is 4.79 Å². The van der Waals surface area contributed by atoms with Gasteiger partial charge in [-0.15, -0.1) is 0 Å². The second kappa shape index (κ2) is 4.74. The summed E-state index contributed by atoms with van der Waals surface area (Å²) in [4.78, 5) is 27.8. The number of rotatable bonds is 1. The molecule has 1 N–H and O–H groups in total. The lowest BCUT2D eigenvalue weighted by Crippen LogP contribution is -2.49. The maximum absolute atomic E-state index is 12.2. The maximum atomic E-state index is 12.2. The van der Waals surface area contributed by atoms with Crippen LogP contribution in [0.15, 0.2) is 11.3 Å². The molecule has 2 aliphatic rings. The first-order valence-corrected chi connectivity index (χ1v) is 7.77. The normalized spacial score (nSPS) is 20.2. The standard InChI is InChI=1S/C15H19N7O/c1-9-11-12(21(3)20-9)16-8-17-13(11)22-6-4-15(5-7-22)14(23)18-10(2)19-15/h8H,4-7H2,1-3H3,(H,18,19,23). The maximum Gasteiger partial charge on any atom is 0.253 e. The Morgan fingerprint density at radius 3 is 2.61 bits per heavy atom. The summed E-state index contributed by atoms with van der Waals surface area (Å²) >= 11 is 0. The van der Waals surface area contributed by atoms with Gasteiger partial charge in [-0.3, -0.25) is 14.5 Å². The van der Waals surface area contributed by atoms with Crippen LogP contribution in [0.1, 0.15) is 25.5 Å². The Hall–Kier alpha value is -2.51. The number of aryl methyl sites for hydroxylation is 2. The Kier molecular flexibility index (Phi) is 2.91. The van der Waals surface area contributed by atoms with Gasteiger partial charge in [0.1, 0.15) is 23.5 Å². The molecule has 1 saturated heterocycles. The summed E-state index contributed by atoms with van der Waals surface area (Å²) in [6.07, 6.45) is 2.97. The first kappa shape index (κ1) is 14.1. The number of hydrogen-bond donors (Lipinski definition) is 1. The van der Waals surface area contributed by atoms with Crippen LogP contribution < -0.4 is 10.2 Å². The van der Waals surface area contributed by atoms with Crippen molar-refractivity contribution in [1.82, 2.24) is 25.1 Å². The van der Waals surface area contributed by atoms with Crippen LogP contribution in [0.5, 0.6) is 0 Å². The van der Waals surface area contributed by atoms with Crippen LogP contribution in [0.4, 0.5) is 5.82 Å². The Morgan fingerprint density at radius 1 is 1.22 bits per heavy atom. The Bertz CT molecular complexity index is 830. The van der Waals surface area contributed by atoms with Crippen molar-refractivity contribution in [1.29, 1.82) is 0 Å². The number of piperidine rings is 1. The molecule has 0 aliphatic carbocycles. The van der Waals surface area contributed by atoms with Crippen molar-refractivity contribution in [2.45, 2.75) is 32.2 Å². The number of amides is 1. The number of amidine groups is 1. The fraction of sp³-hybridized carbons (Fsp3) is 0.533. The highest BCUT2D eigenvalue weighted by Gasteiger charge is 2.45. The van der Waals surface area contributed by atoms with Gasteiger partial charge in [-0.25, -0.2) is 9.97 Å². The zero-order valence-electron chi connectivity index (χ0n) is 13.5. The van der Waals surface area contributed by atoms with Crippen LogP contribution >= 0.6 is 0 Å². The van der Waals surface area contributed by atoms with Gasteiger partial charge in [0.2, 0.25) is 0 Å². The van der Waals surface area contributed by atoms with E-state index >= 15 is 0 Å². The molecule has 0 saturated carbocycles. The van der Waals surface area contributed by atoms with Gasteiger partial charge in [0.25, 0.3) is 5.91 Å². The van der Waals surface area contributed by atoms with Gasteiger partial charge in [0, 0.05) is 20.1 Å². The topological polar surface area (TPSA) is 88.3 Å². The van der Waals surface area contributed by atoms with Gasteiger partial charge in [-0.1, -0.05) is 0 Å². The fourth-order valence-electron chi connectivity index (χ4n) is 3.61. The molecule has 4 rings (SSSR count).